The largest absolute Gasteiger partial charge is 0.497 e. The summed E-state index contributed by atoms with van der Waals surface area (Å²) in [5.41, 5.74) is 1.94. The highest BCUT2D eigenvalue weighted by atomic mass is 16.5. The molecule has 1 fully saturated rings. The summed E-state index contributed by atoms with van der Waals surface area (Å²) in [4.78, 5) is 7.05. The first kappa shape index (κ1) is 14.3. The van der Waals surface area contributed by atoms with Crippen molar-refractivity contribution in [3.05, 3.63) is 24.0 Å². The molecule has 0 atom stereocenters. The van der Waals surface area contributed by atoms with E-state index in [1.807, 2.05) is 18.2 Å². The molecule has 1 saturated heterocycles. The molecule has 1 aromatic heterocycles. The van der Waals surface area contributed by atoms with Crippen LogP contribution in [0.2, 0.25) is 0 Å². The molecule has 1 aromatic carbocycles. The lowest BCUT2D eigenvalue weighted by Gasteiger charge is -2.26. The van der Waals surface area contributed by atoms with E-state index in [0.717, 1.165) is 55.5 Å². The Balaban J connectivity index is 1.93. The van der Waals surface area contributed by atoms with E-state index >= 15 is 0 Å². The lowest BCUT2D eigenvalue weighted by atomic mass is 10.3. The Labute approximate surface area is 123 Å². The summed E-state index contributed by atoms with van der Waals surface area (Å²) in [6.07, 6.45) is 0. The normalized spacial score (nSPS) is 16.5. The lowest BCUT2D eigenvalue weighted by Crippen LogP contribution is -2.36. The van der Waals surface area contributed by atoms with E-state index in [9.17, 15) is 5.11 Å². The number of ether oxygens (including phenoxy) is 2. The van der Waals surface area contributed by atoms with Crippen molar-refractivity contribution in [3.63, 3.8) is 0 Å². The second kappa shape index (κ2) is 6.43. The van der Waals surface area contributed by atoms with Gasteiger partial charge in [0.2, 0.25) is 0 Å². The Morgan fingerprint density at radius 2 is 2.14 bits per heavy atom. The van der Waals surface area contributed by atoms with Gasteiger partial charge < -0.3 is 19.1 Å². The molecule has 6 heteroatoms. The highest BCUT2D eigenvalue weighted by Crippen LogP contribution is 2.22. The molecular formula is C15H21N3O3. The lowest BCUT2D eigenvalue weighted by molar-refractivity contribution is 0.0325. The van der Waals surface area contributed by atoms with Gasteiger partial charge in [-0.05, 0) is 12.1 Å². The van der Waals surface area contributed by atoms with Crippen LogP contribution in [0.4, 0.5) is 0 Å². The summed E-state index contributed by atoms with van der Waals surface area (Å²) in [5, 5.41) is 9.32. The van der Waals surface area contributed by atoms with Crippen molar-refractivity contribution in [3.8, 4) is 5.75 Å². The monoisotopic (exact) mass is 291 g/mol. The van der Waals surface area contributed by atoms with Crippen LogP contribution in [0.3, 0.4) is 0 Å². The van der Waals surface area contributed by atoms with Crippen molar-refractivity contribution in [2.75, 3.05) is 40.0 Å². The molecule has 0 aliphatic carbocycles. The number of morpholine rings is 1. The van der Waals surface area contributed by atoms with Gasteiger partial charge in [0, 0.05) is 25.7 Å². The maximum atomic E-state index is 9.32. The van der Waals surface area contributed by atoms with E-state index in [2.05, 4.69) is 9.47 Å². The van der Waals surface area contributed by atoms with Gasteiger partial charge in [-0.15, -0.1) is 0 Å². The summed E-state index contributed by atoms with van der Waals surface area (Å²) in [6.45, 7) is 4.83. The van der Waals surface area contributed by atoms with Crippen molar-refractivity contribution >= 4 is 11.0 Å². The number of fused-ring (bicyclic) bond motifs is 1. The molecule has 3 rings (SSSR count). The van der Waals surface area contributed by atoms with Gasteiger partial charge in [-0.3, -0.25) is 4.90 Å². The van der Waals surface area contributed by atoms with Gasteiger partial charge in [0.25, 0.3) is 0 Å². The van der Waals surface area contributed by atoms with Crippen molar-refractivity contribution in [1.29, 1.82) is 0 Å². The molecule has 0 bridgehead atoms. The number of aromatic nitrogens is 2. The van der Waals surface area contributed by atoms with Crippen LogP contribution in [0, 0.1) is 0 Å². The van der Waals surface area contributed by atoms with Crippen LogP contribution in [-0.2, 0) is 17.8 Å². The Morgan fingerprint density at radius 1 is 1.33 bits per heavy atom. The minimum atomic E-state index is 0.105. The van der Waals surface area contributed by atoms with Gasteiger partial charge in [0.05, 0.1) is 44.5 Å². The van der Waals surface area contributed by atoms with Gasteiger partial charge in [0.15, 0.2) is 0 Å². The SMILES string of the molecule is COc1ccc2c(c1)nc(CN1CCOCC1)n2CCO. The van der Waals surface area contributed by atoms with Crippen molar-refractivity contribution < 1.29 is 14.6 Å². The summed E-state index contributed by atoms with van der Waals surface area (Å²) < 4.78 is 12.7. The number of hydrogen-bond donors (Lipinski definition) is 1. The van der Waals surface area contributed by atoms with Gasteiger partial charge in [0.1, 0.15) is 11.6 Å². The topological polar surface area (TPSA) is 59.8 Å². The molecule has 1 aliphatic rings. The third-order valence-electron chi connectivity index (χ3n) is 3.83. The van der Waals surface area contributed by atoms with Gasteiger partial charge in [-0.25, -0.2) is 4.98 Å². The number of imidazole rings is 1. The molecule has 0 unspecified atom stereocenters. The standard InChI is InChI=1S/C15H21N3O3/c1-20-12-2-3-14-13(10-12)16-15(18(14)4-7-19)11-17-5-8-21-9-6-17/h2-3,10,19H,4-9,11H2,1H3. The van der Waals surface area contributed by atoms with E-state index in [1.54, 1.807) is 7.11 Å². The van der Waals surface area contributed by atoms with Crippen LogP contribution < -0.4 is 4.74 Å². The number of rotatable bonds is 5. The number of hydrogen-bond acceptors (Lipinski definition) is 5. The molecule has 1 N–H and O–H groups in total. The highest BCUT2D eigenvalue weighted by molar-refractivity contribution is 5.77. The van der Waals surface area contributed by atoms with Gasteiger partial charge >= 0.3 is 0 Å². The maximum absolute atomic E-state index is 9.32. The summed E-state index contributed by atoms with van der Waals surface area (Å²) in [6, 6.07) is 5.86. The molecule has 0 spiro atoms. The quantitative estimate of drug-likeness (QED) is 0.886. The molecule has 2 heterocycles. The maximum Gasteiger partial charge on any atom is 0.124 e. The number of aliphatic hydroxyl groups excluding tert-OH is 1. The summed E-state index contributed by atoms with van der Waals surface area (Å²) >= 11 is 0. The molecule has 114 valence electrons. The average Bonchev–Trinajstić information content (AvgIpc) is 2.85. The predicted molar refractivity (Wildman–Crippen MR) is 79.5 cm³/mol. The zero-order valence-electron chi connectivity index (χ0n) is 12.3. The predicted octanol–water partition coefficient (Wildman–Crippen LogP) is 0.869. The molecule has 1 aliphatic heterocycles. The second-order valence-corrected chi connectivity index (χ2v) is 5.15. The molecule has 0 radical (unpaired) electrons. The number of aliphatic hydroxyl groups is 1. The van der Waals surface area contributed by atoms with Crippen LogP contribution in [0.5, 0.6) is 5.75 Å². The first-order chi connectivity index (χ1) is 10.3. The third-order valence-corrected chi connectivity index (χ3v) is 3.83. The van der Waals surface area contributed by atoms with E-state index < -0.39 is 0 Å². The van der Waals surface area contributed by atoms with E-state index in [4.69, 9.17) is 14.5 Å². The smallest absolute Gasteiger partial charge is 0.124 e. The van der Waals surface area contributed by atoms with Crippen LogP contribution in [0.1, 0.15) is 5.82 Å². The number of methoxy groups -OCH3 is 1. The molecular weight excluding hydrogens is 270 g/mol. The molecule has 6 nitrogen and oxygen atoms in total. The Morgan fingerprint density at radius 3 is 2.86 bits per heavy atom. The second-order valence-electron chi connectivity index (χ2n) is 5.15. The van der Waals surface area contributed by atoms with E-state index in [-0.39, 0.29) is 6.61 Å². The molecule has 2 aromatic rings. The van der Waals surface area contributed by atoms with Crippen molar-refractivity contribution in [2.24, 2.45) is 0 Å². The molecule has 0 saturated carbocycles. The Hall–Kier alpha value is -1.63. The number of benzene rings is 1. The Bertz CT molecular complexity index is 605. The van der Waals surface area contributed by atoms with Crippen LogP contribution in [0.25, 0.3) is 11.0 Å². The van der Waals surface area contributed by atoms with Crippen LogP contribution >= 0.6 is 0 Å². The summed E-state index contributed by atoms with van der Waals surface area (Å²) in [5.74, 6) is 1.78. The van der Waals surface area contributed by atoms with Gasteiger partial charge in [-0.1, -0.05) is 0 Å². The van der Waals surface area contributed by atoms with E-state index in [1.165, 1.54) is 0 Å². The minimum absolute atomic E-state index is 0.105. The summed E-state index contributed by atoms with van der Waals surface area (Å²) in [7, 11) is 1.65. The number of nitrogens with zero attached hydrogens (tertiary/aromatic N) is 3. The highest BCUT2D eigenvalue weighted by Gasteiger charge is 2.16. The first-order valence-corrected chi connectivity index (χ1v) is 7.26. The zero-order chi connectivity index (χ0) is 14.7. The fourth-order valence-electron chi connectivity index (χ4n) is 2.72. The molecule has 21 heavy (non-hydrogen) atoms. The van der Waals surface area contributed by atoms with Crippen molar-refractivity contribution in [2.45, 2.75) is 13.1 Å². The first-order valence-electron chi connectivity index (χ1n) is 7.26. The Kier molecular flexibility index (Phi) is 4.38. The third kappa shape index (κ3) is 3.02. The fourth-order valence-corrected chi connectivity index (χ4v) is 2.72. The fraction of sp³-hybridized carbons (Fsp3) is 0.533. The van der Waals surface area contributed by atoms with E-state index in [0.29, 0.717) is 6.54 Å². The van der Waals surface area contributed by atoms with Crippen LogP contribution in [-0.4, -0.2) is 59.6 Å². The van der Waals surface area contributed by atoms with Gasteiger partial charge in [-0.2, -0.15) is 0 Å². The zero-order valence-corrected chi connectivity index (χ0v) is 12.3. The van der Waals surface area contributed by atoms with Crippen LogP contribution in [0.15, 0.2) is 18.2 Å². The minimum Gasteiger partial charge on any atom is -0.497 e. The average molecular weight is 291 g/mol. The van der Waals surface area contributed by atoms with Crippen molar-refractivity contribution in [1.82, 2.24) is 14.5 Å². The molecule has 0 amide bonds.